The molecule has 3 aliphatic rings. The summed E-state index contributed by atoms with van der Waals surface area (Å²) >= 11 is 0. The van der Waals surface area contributed by atoms with Crippen molar-refractivity contribution < 1.29 is 19.1 Å². The summed E-state index contributed by atoms with van der Waals surface area (Å²) in [5, 5.41) is 0. The van der Waals surface area contributed by atoms with Crippen LogP contribution in [0.3, 0.4) is 0 Å². The van der Waals surface area contributed by atoms with E-state index < -0.39 is 0 Å². The van der Waals surface area contributed by atoms with Crippen molar-refractivity contribution in [3.63, 3.8) is 0 Å². The maximum atomic E-state index is 12.4. The molecule has 4 nitrogen and oxygen atoms in total. The smallest absolute Gasteiger partial charge is 0.334 e. The molecule has 1 heterocycles. The SMILES string of the molecule is CC(=O)O[C@H]1C[C@H](C)C2CC2C2=C(COC2=O)C1C(C)CCC=C(C)C. The minimum absolute atomic E-state index is 0.0786. The second-order valence-corrected chi connectivity index (χ2v) is 8.74. The van der Waals surface area contributed by atoms with Crippen LogP contribution in [0.1, 0.15) is 60.3 Å². The molecule has 1 aliphatic heterocycles. The zero-order valence-electron chi connectivity index (χ0n) is 16.7. The van der Waals surface area contributed by atoms with Gasteiger partial charge in [0.1, 0.15) is 12.7 Å². The van der Waals surface area contributed by atoms with Gasteiger partial charge in [-0.3, -0.25) is 4.79 Å². The molecule has 0 aromatic heterocycles. The molecule has 0 radical (unpaired) electrons. The van der Waals surface area contributed by atoms with Crippen LogP contribution in [0.25, 0.3) is 0 Å². The average molecular weight is 360 g/mol. The van der Waals surface area contributed by atoms with Gasteiger partial charge in [-0.05, 0) is 68.8 Å². The predicted octanol–water partition coefficient (Wildman–Crippen LogP) is 4.45. The van der Waals surface area contributed by atoms with Crippen molar-refractivity contribution in [1.29, 1.82) is 0 Å². The summed E-state index contributed by atoms with van der Waals surface area (Å²) in [5.41, 5.74) is 3.35. The minimum Gasteiger partial charge on any atom is -0.462 e. The third-order valence-corrected chi connectivity index (χ3v) is 6.38. The van der Waals surface area contributed by atoms with Crippen molar-refractivity contribution in [2.24, 2.45) is 29.6 Å². The van der Waals surface area contributed by atoms with Gasteiger partial charge in [0, 0.05) is 18.4 Å². The van der Waals surface area contributed by atoms with Gasteiger partial charge >= 0.3 is 11.9 Å². The number of fused-ring (bicyclic) bond motifs is 2. The molecule has 2 aliphatic carbocycles. The lowest BCUT2D eigenvalue weighted by atomic mass is 9.73. The van der Waals surface area contributed by atoms with Crippen molar-refractivity contribution in [2.45, 2.75) is 66.4 Å². The maximum Gasteiger partial charge on any atom is 0.334 e. The Morgan fingerprint density at radius 2 is 2.04 bits per heavy atom. The second kappa shape index (κ2) is 7.58. The lowest BCUT2D eigenvalue weighted by Crippen LogP contribution is -2.36. The van der Waals surface area contributed by atoms with E-state index in [0.29, 0.717) is 30.3 Å². The highest BCUT2D eigenvalue weighted by Crippen LogP contribution is 2.56. The summed E-state index contributed by atoms with van der Waals surface area (Å²) in [7, 11) is 0. The summed E-state index contributed by atoms with van der Waals surface area (Å²) < 4.78 is 11.3. The van der Waals surface area contributed by atoms with Crippen LogP contribution in [0, 0.1) is 29.6 Å². The van der Waals surface area contributed by atoms with E-state index in [2.05, 4.69) is 33.8 Å². The first-order valence-corrected chi connectivity index (χ1v) is 10.00. The highest BCUT2D eigenvalue weighted by atomic mass is 16.5. The molecule has 4 unspecified atom stereocenters. The number of rotatable bonds is 5. The molecule has 0 aromatic rings. The lowest BCUT2D eigenvalue weighted by Gasteiger charge is -2.35. The van der Waals surface area contributed by atoms with Crippen LogP contribution in [-0.4, -0.2) is 24.6 Å². The molecule has 26 heavy (non-hydrogen) atoms. The Morgan fingerprint density at radius 1 is 1.31 bits per heavy atom. The fourth-order valence-corrected chi connectivity index (χ4v) is 5.04. The molecule has 1 saturated carbocycles. The zero-order valence-corrected chi connectivity index (χ0v) is 16.7. The van der Waals surface area contributed by atoms with Crippen LogP contribution in [-0.2, 0) is 19.1 Å². The van der Waals surface area contributed by atoms with Gasteiger partial charge < -0.3 is 9.47 Å². The fourth-order valence-electron chi connectivity index (χ4n) is 5.04. The van der Waals surface area contributed by atoms with E-state index in [0.717, 1.165) is 36.8 Å². The molecule has 0 bridgehead atoms. The monoisotopic (exact) mass is 360 g/mol. The van der Waals surface area contributed by atoms with Crippen molar-refractivity contribution in [3.8, 4) is 0 Å². The van der Waals surface area contributed by atoms with Crippen LogP contribution in [0.2, 0.25) is 0 Å². The second-order valence-electron chi connectivity index (χ2n) is 8.74. The van der Waals surface area contributed by atoms with Crippen LogP contribution in [0.15, 0.2) is 22.8 Å². The number of allylic oxidation sites excluding steroid dienone is 2. The van der Waals surface area contributed by atoms with Crippen LogP contribution in [0.5, 0.6) is 0 Å². The quantitative estimate of drug-likeness (QED) is 0.537. The van der Waals surface area contributed by atoms with Gasteiger partial charge in [-0.15, -0.1) is 0 Å². The van der Waals surface area contributed by atoms with E-state index in [1.165, 1.54) is 12.5 Å². The Bertz CT molecular complexity index is 641. The summed E-state index contributed by atoms with van der Waals surface area (Å²) in [6, 6.07) is 0. The fraction of sp³-hybridized carbons (Fsp3) is 0.727. The molecule has 0 saturated heterocycles. The third kappa shape index (κ3) is 3.89. The molecule has 144 valence electrons. The van der Waals surface area contributed by atoms with E-state index in [1.54, 1.807) is 0 Å². The first kappa shape index (κ1) is 19.2. The molecule has 0 aromatic carbocycles. The van der Waals surface area contributed by atoms with Crippen molar-refractivity contribution in [1.82, 2.24) is 0 Å². The summed E-state index contributed by atoms with van der Waals surface area (Å²) in [6.07, 6.45) is 6.06. The molecular weight excluding hydrogens is 328 g/mol. The Morgan fingerprint density at radius 3 is 2.69 bits per heavy atom. The topological polar surface area (TPSA) is 52.6 Å². The normalized spacial score (nSPS) is 34.0. The lowest BCUT2D eigenvalue weighted by molar-refractivity contribution is -0.150. The van der Waals surface area contributed by atoms with Gasteiger partial charge in [0.05, 0.1) is 0 Å². The average Bonchev–Trinajstić information content (AvgIpc) is 3.22. The largest absolute Gasteiger partial charge is 0.462 e. The van der Waals surface area contributed by atoms with Gasteiger partial charge in [-0.1, -0.05) is 25.5 Å². The Balaban J connectivity index is 1.93. The molecular formula is C22H32O4. The van der Waals surface area contributed by atoms with E-state index in [9.17, 15) is 9.59 Å². The Kier molecular flexibility index (Phi) is 5.59. The number of cyclic esters (lactones) is 1. The van der Waals surface area contributed by atoms with E-state index in [-0.39, 0.29) is 24.0 Å². The molecule has 0 spiro atoms. The number of carbonyl (C=O) groups excluding carboxylic acids is 2. The van der Waals surface area contributed by atoms with Crippen molar-refractivity contribution in [3.05, 3.63) is 22.8 Å². The van der Waals surface area contributed by atoms with Gasteiger partial charge in [-0.25, -0.2) is 4.79 Å². The summed E-state index contributed by atoms with van der Waals surface area (Å²) in [5.74, 6) is 1.39. The standard InChI is InChI=1S/C22H32O4/c1-12(2)7-6-8-13(3)20-18-11-25-22(24)21(18)17-10-16(17)14(4)9-19(20)26-15(5)23/h7,13-14,16-17,19-20H,6,8-11H2,1-5H3/t13?,14-,16?,17?,19-,20?/m0/s1. The number of hydrogen-bond donors (Lipinski definition) is 0. The van der Waals surface area contributed by atoms with Crippen LogP contribution in [0.4, 0.5) is 0 Å². The predicted molar refractivity (Wildman–Crippen MR) is 100 cm³/mol. The van der Waals surface area contributed by atoms with E-state index in [4.69, 9.17) is 9.47 Å². The van der Waals surface area contributed by atoms with Crippen molar-refractivity contribution >= 4 is 11.9 Å². The van der Waals surface area contributed by atoms with E-state index >= 15 is 0 Å². The number of hydrogen-bond acceptors (Lipinski definition) is 4. The summed E-state index contributed by atoms with van der Waals surface area (Å²) in [4.78, 5) is 24.2. The molecule has 3 rings (SSSR count). The molecule has 1 fully saturated rings. The molecule has 6 atom stereocenters. The van der Waals surface area contributed by atoms with Gasteiger partial charge in [0.25, 0.3) is 0 Å². The number of ether oxygens (including phenoxy) is 2. The highest BCUT2D eigenvalue weighted by molar-refractivity contribution is 5.93. The molecule has 0 amide bonds. The molecule has 0 N–H and O–H groups in total. The number of carbonyl (C=O) groups is 2. The summed E-state index contributed by atoms with van der Waals surface area (Å²) in [6.45, 7) is 10.5. The first-order chi connectivity index (χ1) is 12.3. The first-order valence-electron chi connectivity index (χ1n) is 10.00. The van der Waals surface area contributed by atoms with Crippen molar-refractivity contribution in [2.75, 3.05) is 6.61 Å². The van der Waals surface area contributed by atoms with Gasteiger partial charge in [0.2, 0.25) is 0 Å². The van der Waals surface area contributed by atoms with E-state index in [1.807, 2.05) is 0 Å². The zero-order chi connectivity index (χ0) is 19.0. The van der Waals surface area contributed by atoms with Gasteiger partial charge in [-0.2, -0.15) is 0 Å². The Hall–Kier alpha value is -1.58. The Labute approximate surface area is 157 Å². The van der Waals surface area contributed by atoms with Crippen LogP contribution < -0.4 is 0 Å². The van der Waals surface area contributed by atoms with Gasteiger partial charge in [0.15, 0.2) is 0 Å². The maximum absolute atomic E-state index is 12.4. The molecule has 4 heteroatoms. The number of esters is 2. The minimum atomic E-state index is -0.232. The third-order valence-electron chi connectivity index (χ3n) is 6.38. The highest BCUT2D eigenvalue weighted by Gasteiger charge is 2.53. The van der Waals surface area contributed by atoms with Crippen LogP contribution >= 0.6 is 0 Å².